The maximum atomic E-state index is 3.28. The highest BCUT2D eigenvalue weighted by Crippen LogP contribution is 2.02. The smallest absolute Gasteiger partial charge is 0.0166 e. The summed E-state index contributed by atoms with van der Waals surface area (Å²) in [6.45, 7) is 0. The zero-order valence-electron chi connectivity index (χ0n) is 8.78. The first kappa shape index (κ1) is 11.0. The van der Waals surface area contributed by atoms with Crippen molar-refractivity contribution in [3.05, 3.63) is 48.6 Å². The molecular formula is C14H19. The summed E-state index contributed by atoms with van der Waals surface area (Å²) in [6.07, 6.45) is 25.5. The molecule has 14 heavy (non-hydrogen) atoms. The molecule has 75 valence electrons. The van der Waals surface area contributed by atoms with Gasteiger partial charge in [-0.05, 0) is 44.6 Å². The van der Waals surface area contributed by atoms with Crippen molar-refractivity contribution in [2.45, 2.75) is 38.5 Å². The highest BCUT2D eigenvalue weighted by atomic mass is 13.9. The molecule has 0 aromatic rings. The highest BCUT2D eigenvalue weighted by Gasteiger charge is 1.83. The Kier molecular flexibility index (Phi) is 6.74. The molecule has 0 atom stereocenters. The van der Waals surface area contributed by atoms with Crippen LogP contribution < -0.4 is 0 Å². The van der Waals surface area contributed by atoms with E-state index >= 15 is 0 Å². The quantitative estimate of drug-likeness (QED) is 0.494. The van der Waals surface area contributed by atoms with Gasteiger partial charge in [-0.25, -0.2) is 0 Å². The van der Waals surface area contributed by atoms with E-state index in [2.05, 4.69) is 42.5 Å². The molecule has 0 heterocycles. The van der Waals surface area contributed by atoms with Crippen LogP contribution in [0.15, 0.2) is 42.5 Å². The minimum absolute atomic E-state index is 1.03. The Labute approximate surface area is 87.7 Å². The van der Waals surface area contributed by atoms with Crippen LogP contribution in [0.4, 0.5) is 0 Å². The second-order valence-corrected chi connectivity index (χ2v) is 3.46. The van der Waals surface area contributed by atoms with E-state index in [0.29, 0.717) is 0 Å². The predicted octanol–water partition coefficient (Wildman–Crippen LogP) is 4.37. The molecule has 1 aliphatic carbocycles. The molecule has 0 N–H and O–H groups in total. The number of hydrogen-bond acceptors (Lipinski definition) is 0. The zero-order valence-corrected chi connectivity index (χ0v) is 8.78. The van der Waals surface area contributed by atoms with Crippen molar-refractivity contribution in [1.82, 2.24) is 0 Å². The molecule has 0 aromatic heterocycles. The van der Waals surface area contributed by atoms with Crippen molar-refractivity contribution >= 4 is 0 Å². The minimum atomic E-state index is 1.03. The van der Waals surface area contributed by atoms with Crippen LogP contribution in [-0.2, 0) is 0 Å². The average molecular weight is 187 g/mol. The van der Waals surface area contributed by atoms with Crippen LogP contribution in [-0.4, -0.2) is 0 Å². The molecule has 0 heteroatoms. The van der Waals surface area contributed by atoms with Gasteiger partial charge in [0.1, 0.15) is 0 Å². The Balaban J connectivity index is 2.35. The van der Waals surface area contributed by atoms with E-state index in [1.165, 1.54) is 19.3 Å². The lowest BCUT2D eigenvalue weighted by molar-refractivity contribution is 0.753. The molecule has 1 aliphatic rings. The summed E-state index contributed by atoms with van der Waals surface area (Å²) in [5, 5.41) is 0. The second kappa shape index (κ2) is 8.55. The SMILES string of the molecule is [C]1=CC=CCC=CCC=CCCCC1. The third kappa shape index (κ3) is 6.47. The molecule has 0 aliphatic heterocycles. The fraction of sp³-hybridized carbons (Fsp3) is 0.429. The third-order valence-corrected chi connectivity index (χ3v) is 2.17. The fourth-order valence-electron chi connectivity index (χ4n) is 1.35. The van der Waals surface area contributed by atoms with Crippen molar-refractivity contribution in [1.29, 1.82) is 0 Å². The number of hydrogen-bond donors (Lipinski definition) is 0. The number of rotatable bonds is 0. The normalized spacial score (nSPS) is 19.4. The summed E-state index contributed by atoms with van der Waals surface area (Å²) in [6, 6.07) is 0. The van der Waals surface area contributed by atoms with Crippen molar-refractivity contribution in [2.75, 3.05) is 0 Å². The molecule has 0 unspecified atom stereocenters. The molecule has 0 saturated carbocycles. The van der Waals surface area contributed by atoms with Gasteiger partial charge in [-0.1, -0.05) is 42.5 Å². The van der Waals surface area contributed by atoms with Gasteiger partial charge in [0.15, 0.2) is 0 Å². The largest absolute Gasteiger partial charge is 0.0882 e. The predicted molar refractivity (Wildman–Crippen MR) is 62.9 cm³/mol. The molecule has 0 fully saturated rings. The van der Waals surface area contributed by atoms with Crippen molar-refractivity contribution < 1.29 is 0 Å². The first-order valence-electron chi connectivity index (χ1n) is 5.52. The Morgan fingerprint density at radius 3 is 2.50 bits per heavy atom. The first-order valence-corrected chi connectivity index (χ1v) is 5.52. The molecule has 0 bridgehead atoms. The lowest BCUT2D eigenvalue weighted by atomic mass is 10.1. The van der Waals surface area contributed by atoms with E-state index < -0.39 is 0 Å². The summed E-state index contributed by atoms with van der Waals surface area (Å²) in [5.74, 6) is 0. The standard InChI is InChI=1S/C14H19/c1-2-4-6-8-10-12-14-13-11-9-7-5-3-1/h1-3,6,8,12,14H,4,7,9-11,13H2. The first-order chi connectivity index (χ1) is 7.00. The van der Waals surface area contributed by atoms with Gasteiger partial charge in [0.25, 0.3) is 0 Å². The van der Waals surface area contributed by atoms with E-state index in [0.717, 1.165) is 19.3 Å². The van der Waals surface area contributed by atoms with E-state index in [9.17, 15) is 0 Å². The van der Waals surface area contributed by atoms with Crippen LogP contribution in [0, 0.1) is 6.08 Å². The van der Waals surface area contributed by atoms with Gasteiger partial charge in [0.05, 0.1) is 0 Å². The lowest BCUT2D eigenvalue weighted by Crippen LogP contribution is -1.73. The fourth-order valence-corrected chi connectivity index (χ4v) is 1.35. The second-order valence-electron chi connectivity index (χ2n) is 3.46. The van der Waals surface area contributed by atoms with Gasteiger partial charge in [-0.3, -0.25) is 0 Å². The monoisotopic (exact) mass is 187 g/mol. The molecule has 1 radical (unpaired) electrons. The summed E-state index contributed by atoms with van der Waals surface area (Å²) in [4.78, 5) is 0. The zero-order chi connectivity index (χ0) is 9.90. The van der Waals surface area contributed by atoms with Crippen LogP contribution in [0.3, 0.4) is 0 Å². The van der Waals surface area contributed by atoms with E-state index in [1.807, 2.05) is 6.08 Å². The molecule has 0 aromatic carbocycles. The molecule has 0 saturated heterocycles. The van der Waals surface area contributed by atoms with Gasteiger partial charge in [0.2, 0.25) is 0 Å². The molecule has 0 nitrogen and oxygen atoms in total. The van der Waals surface area contributed by atoms with Crippen LogP contribution in [0.1, 0.15) is 38.5 Å². The Hall–Kier alpha value is -1.04. The number of allylic oxidation sites excluding steroid dienone is 8. The van der Waals surface area contributed by atoms with Crippen LogP contribution in [0.5, 0.6) is 0 Å². The van der Waals surface area contributed by atoms with Gasteiger partial charge < -0.3 is 0 Å². The molecule has 0 spiro atoms. The van der Waals surface area contributed by atoms with Gasteiger partial charge in [0, 0.05) is 0 Å². The Morgan fingerprint density at radius 2 is 1.57 bits per heavy atom. The van der Waals surface area contributed by atoms with E-state index in [1.54, 1.807) is 0 Å². The van der Waals surface area contributed by atoms with E-state index in [-0.39, 0.29) is 0 Å². The van der Waals surface area contributed by atoms with Crippen molar-refractivity contribution in [3.8, 4) is 0 Å². The molecular weight excluding hydrogens is 168 g/mol. The van der Waals surface area contributed by atoms with Crippen LogP contribution >= 0.6 is 0 Å². The van der Waals surface area contributed by atoms with Gasteiger partial charge in [-0.2, -0.15) is 0 Å². The van der Waals surface area contributed by atoms with Crippen LogP contribution in [0.25, 0.3) is 0 Å². The molecule has 0 amide bonds. The maximum absolute atomic E-state index is 3.28. The Bertz CT molecular complexity index is 228. The average Bonchev–Trinajstić information content (AvgIpc) is 2.22. The van der Waals surface area contributed by atoms with Crippen molar-refractivity contribution in [2.24, 2.45) is 0 Å². The van der Waals surface area contributed by atoms with Crippen molar-refractivity contribution in [3.63, 3.8) is 0 Å². The van der Waals surface area contributed by atoms with Gasteiger partial charge >= 0.3 is 0 Å². The van der Waals surface area contributed by atoms with Crippen LogP contribution in [0.2, 0.25) is 0 Å². The Morgan fingerprint density at radius 1 is 0.786 bits per heavy atom. The summed E-state index contributed by atoms with van der Waals surface area (Å²) in [5.41, 5.74) is 0. The summed E-state index contributed by atoms with van der Waals surface area (Å²) >= 11 is 0. The summed E-state index contributed by atoms with van der Waals surface area (Å²) in [7, 11) is 0. The third-order valence-electron chi connectivity index (χ3n) is 2.17. The maximum Gasteiger partial charge on any atom is -0.0166 e. The van der Waals surface area contributed by atoms with Gasteiger partial charge in [-0.15, -0.1) is 0 Å². The lowest BCUT2D eigenvalue weighted by Gasteiger charge is -1.92. The topological polar surface area (TPSA) is 0 Å². The van der Waals surface area contributed by atoms with E-state index in [4.69, 9.17) is 0 Å². The summed E-state index contributed by atoms with van der Waals surface area (Å²) < 4.78 is 0. The highest BCUT2D eigenvalue weighted by molar-refractivity contribution is 5.03. The minimum Gasteiger partial charge on any atom is -0.0882 e. The molecule has 1 rings (SSSR count).